The Kier molecular flexibility index (Phi) is 6.97. The number of ether oxygens (including phenoxy) is 2. The van der Waals surface area contributed by atoms with Gasteiger partial charge in [-0.15, -0.1) is 0 Å². The normalized spacial score (nSPS) is 22.1. The first kappa shape index (κ1) is 21.8. The summed E-state index contributed by atoms with van der Waals surface area (Å²) < 4.78 is 23.4. The maximum atomic E-state index is 12.9. The van der Waals surface area contributed by atoms with Gasteiger partial charge in [0, 0.05) is 17.3 Å². The summed E-state index contributed by atoms with van der Waals surface area (Å²) in [6.45, 7) is 3.75. The Morgan fingerprint density at radius 1 is 1.28 bits per heavy atom. The van der Waals surface area contributed by atoms with E-state index in [1.54, 1.807) is 24.3 Å². The molecule has 0 radical (unpaired) electrons. The monoisotopic (exact) mass is 420 g/mol. The van der Waals surface area contributed by atoms with E-state index < -0.39 is 25.6 Å². The Morgan fingerprint density at radius 2 is 1.97 bits per heavy atom. The maximum absolute atomic E-state index is 12.9. The maximum Gasteiger partial charge on any atom is 0.342 e. The van der Waals surface area contributed by atoms with Crippen LogP contribution in [-0.4, -0.2) is 29.2 Å². The lowest BCUT2D eigenvalue weighted by Crippen LogP contribution is -2.18. The van der Waals surface area contributed by atoms with Crippen molar-refractivity contribution in [2.75, 3.05) is 12.3 Å². The molecule has 6 nitrogen and oxygen atoms in total. The fourth-order valence-electron chi connectivity index (χ4n) is 4.05. The molecule has 1 aliphatic carbocycles. The van der Waals surface area contributed by atoms with Gasteiger partial charge in [-0.05, 0) is 30.7 Å². The zero-order chi connectivity index (χ0) is 21.0. The molecule has 2 atom stereocenters. The van der Waals surface area contributed by atoms with E-state index in [-0.39, 0.29) is 29.7 Å². The topological polar surface area (TPSA) is 89.9 Å². The minimum atomic E-state index is -3.53. The molecule has 1 aromatic rings. The third kappa shape index (κ3) is 5.80. The highest BCUT2D eigenvalue weighted by molar-refractivity contribution is 7.58. The van der Waals surface area contributed by atoms with Crippen molar-refractivity contribution in [3.63, 3.8) is 0 Å². The summed E-state index contributed by atoms with van der Waals surface area (Å²) >= 11 is 0. The summed E-state index contributed by atoms with van der Waals surface area (Å²) in [4.78, 5) is 35.3. The van der Waals surface area contributed by atoms with Gasteiger partial charge >= 0.3 is 11.9 Å². The van der Waals surface area contributed by atoms with Gasteiger partial charge in [-0.1, -0.05) is 57.4 Å². The van der Waals surface area contributed by atoms with Crippen molar-refractivity contribution in [2.45, 2.75) is 52.2 Å². The first-order valence-electron chi connectivity index (χ1n) is 10.3. The smallest absolute Gasteiger partial charge is 0.342 e. The zero-order valence-electron chi connectivity index (χ0n) is 17.0. The lowest BCUT2D eigenvalue weighted by molar-refractivity contribution is -0.162. The van der Waals surface area contributed by atoms with Crippen molar-refractivity contribution in [3.8, 4) is 0 Å². The molecule has 7 heteroatoms. The van der Waals surface area contributed by atoms with Crippen LogP contribution in [0.2, 0.25) is 0 Å². The summed E-state index contributed by atoms with van der Waals surface area (Å²) in [5.74, 6) is -0.990. The fourth-order valence-corrected chi connectivity index (χ4v) is 6.08. The predicted octanol–water partition coefficient (Wildman–Crippen LogP) is 4.83. The SMILES string of the molecule is CC(C)CP(=O)(O)C/C(=C\C1CCCCC1)C(=O)OC1OC(=O)c2ccccc21. The van der Waals surface area contributed by atoms with E-state index in [9.17, 15) is 19.0 Å². The van der Waals surface area contributed by atoms with Crippen molar-refractivity contribution < 1.29 is 28.5 Å². The predicted molar refractivity (Wildman–Crippen MR) is 110 cm³/mol. The fraction of sp³-hybridized carbons (Fsp3) is 0.545. The van der Waals surface area contributed by atoms with Crippen LogP contribution in [0.15, 0.2) is 35.9 Å². The van der Waals surface area contributed by atoms with Crippen molar-refractivity contribution in [1.29, 1.82) is 0 Å². The van der Waals surface area contributed by atoms with Crippen LogP contribution in [0, 0.1) is 11.8 Å². The molecular weight excluding hydrogens is 391 g/mol. The molecule has 1 fully saturated rings. The van der Waals surface area contributed by atoms with Gasteiger partial charge in [0.15, 0.2) is 0 Å². The molecule has 0 amide bonds. The van der Waals surface area contributed by atoms with Gasteiger partial charge in [0.25, 0.3) is 6.29 Å². The van der Waals surface area contributed by atoms with Crippen LogP contribution in [-0.2, 0) is 18.8 Å². The van der Waals surface area contributed by atoms with Crippen molar-refractivity contribution >= 4 is 19.3 Å². The highest BCUT2D eigenvalue weighted by Crippen LogP contribution is 2.45. The molecule has 29 heavy (non-hydrogen) atoms. The van der Waals surface area contributed by atoms with Gasteiger partial charge in [0.1, 0.15) is 0 Å². The van der Waals surface area contributed by atoms with Crippen LogP contribution in [0.3, 0.4) is 0 Å². The minimum absolute atomic E-state index is 0.0421. The number of benzene rings is 1. The van der Waals surface area contributed by atoms with Gasteiger partial charge < -0.3 is 14.4 Å². The van der Waals surface area contributed by atoms with E-state index in [0.29, 0.717) is 11.1 Å². The highest BCUT2D eigenvalue weighted by atomic mass is 31.2. The number of rotatable bonds is 7. The van der Waals surface area contributed by atoms with Crippen LogP contribution in [0.4, 0.5) is 0 Å². The molecule has 0 spiro atoms. The van der Waals surface area contributed by atoms with Gasteiger partial charge in [-0.3, -0.25) is 4.57 Å². The van der Waals surface area contributed by atoms with E-state index in [1.807, 2.05) is 19.9 Å². The Hall–Kier alpha value is -1.91. The van der Waals surface area contributed by atoms with E-state index >= 15 is 0 Å². The van der Waals surface area contributed by atoms with Crippen LogP contribution in [0.5, 0.6) is 0 Å². The minimum Gasteiger partial charge on any atom is -0.417 e. The third-order valence-corrected chi connectivity index (χ3v) is 7.42. The number of allylic oxidation sites excluding steroid dienone is 1. The molecule has 2 unspecified atom stereocenters. The van der Waals surface area contributed by atoms with E-state index in [4.69, 9.17) is 9.47 Å². The lowest BCUT2D eigenvalue weighted by atomic mass is 9.88. The number of hydrogen-bond donors (Lipinski definition) is 1. The molecule has 1 aliphatic heterocycles. The molecule has 0 saturated heterocycles. The number of carbonyl (C=O) groups is 2. The largest absolute Gasteiger partial charge is 0.417 e. The standard InChI is InChI=1S/C22H29O6P/c1-15(2)13-29(25,26)14-17(12-16-8-4-3-5-9-16)20(23)27-22-19-11-7-6-10-18(19)21(24)28-22/h6-7,10-12,15-16,22H,3-5,8-9,13-14H2,1-2H3,(H,25,26)/b17-12+. The summed E-state index contributed by atoms with van der Waals surface area (Å²) in [6, 6.07) is 6.75. The van der Waals surface area contributed by atoms with Gasteiger partial charge in [-0.2, -0.15) is 0 Å². The van der Waals surface area contributed by atoms with Crippen LogP contribution < -0.4 is 0 Å². The molecule has 2 aliphatic rings. The molecular formula is C22H29O6P. The zero-order valence-corrected chi connectivity index (χ0v) is 17.9. The lowest BCUT2D eigenvalue weighted by Gasteiger charge is -2.22. The number of esters is 2. The summed E-state index contributed by atoms with van der Waals surface area (Å²) in [5, 5.41) is 0. The highest BCUT2D eigenvalue weighted by Gasteiger charge is 2.35. The number of hydrogen-bond acceptors (Lipinski definition) is 5. The van der Waals surface area contributed by atoms with E-state index in [0.717, 1.165) is 25.7 Å². The van der Waals surface area contributed by atoms with Crippen LogP contribution >= 0.6 is 7.37 Å². The second-order valence-corrected chi connectivity index (χ2v) is 10.8. The molecule has 0 aromatic heterocycles. The average molecular weight is 420 g/mol. The van der Waals surface area contributed by atoms with E-state index in [2.05, 4.69) is 0 Å². The third-order valence-electron chi connectivity index (χ3n) is 5.28. The number of carbonyl (C=O) groups excluding carboxylic acids is 2. The van der Waals surface area contributed by atoms with Crippen molar-refractivity contribution in [1.82, 2.24) is 0 Å². The first-order valence-corrected chi connectivity index (χ1v) is 12.3. The average Bonchev–Trinajstić information content (AvgIpc) is 2.97. The molecule has 1 aromatic carbocycles. The van der Waals surface area contributed by atoms with Gasteiger partial charge in [-0.25, -0.2) is 9.59 Å². The Morgan fingerprint density at radius 3 is 2.66 bits per heavy atom. The Labute approximate surface area is 171 Å². The molecule has 1 saturated carbocycles. The first-order chi connectivity index (χ1) is 13.7. The quantitative estimate of drug-likeness (QED) is 0.386. The summed E-state index contributed by atoms with van der Waals surface area (Å²) in [6.07, 6.45) is 5.87. The molecule has 1 N–H and O–H groups in total. The van der Waals surface area contributed by atoms with E-state index in [1.165, 1.54) is 6.42 Å². The van der Waals surface area contributed by atoms with Crippen LogP contribution in [0.1, 0.15) is 68.2 Å². The second kappa shape index (κ2) is 9.27. The van der Waals surface area contributed by atoms with Crippen molar-refractivity contribution in [3.05, 3.63) is 47.0 Å². The summed E-state index contributed by atoms with van der Waals surface area (Å²) in [7, 11) is -3.53. The van der Waals surface area contributed by atoms with Crippen LogP contribution in [0.25, 0.3) is 0 Å². The van der Waals surface area contributed by atoms with Gasteiger partial charge in [0.05, 0.1) is 11.7 Å². The number of fused-ring (bicyclic) bond motifs is 1. The molecule has 1 heterocycles. The summed E-state index contributed by atoms with van der Waals surface area (Å²) in [5.41, 5.74) is 1.08. The Bertz CT molecular complexity index is 837. The number of cyclic esters (lactones) is 1. The second-order valence-electron chi connectivity index (χ2n) is 8.40. The molecule has 3 rings (SSSR count). The van der Waals surface area contributed by atoms with Gasteiger partial charge in [0.2, 0.25) is 7.37 Å². The Balaban J connectivity index is 1.80. The molecule has 158 valence electrons. The van der Waals surface area contributed by atoms with Crippen molar-refractivity contribution in [2.24, 2.45) is 11.8 Å². The molecule has 0 bridgehead atoms.